The Morgan fingerprint density at radius 3 is 2.69 bits per heavy atom. The number of nitrogens with two attached hydrogens (primary N) is 1. The second-order valence-electron chi connectivity index (χ2n) is 3.77. The molecule has 2 N–H and O–H groups in total. The maximum absolute atomic E-state index is 13.3. The van der Waals surface area contributed by atoms with E-state index in [4.69, 9.17) is 5.73 Å². The van der Waals surface area contributed by atoms with E-state index in [0.29, 0.717) is 11.6 Å². The second-order valence-corrected chi connectivity index (χ2v) is 3.77. The topological polar surface area (TPSA) is 43.8 Å². The minimum atomic E-state index is -0.325. The first-order valence-corrected chi connectivity index (χ1v) is 4.65. The highest BCUT2D eigenvalue weighted by Crippen LogP contribution is 2.30. The van der Waals surface area contributed by atoms with Crippen molar-refractivity contribution in [2.45, 2.75) is 25.7 Å². The maximum atomic E-state index is 13.3. The summed E-state index contributed by atoms with van der Waals surface area (Å²) in [6, 6.07) is 0. The zero-order chi connectivity index (χ0) is 9.42. The van der Waals surface area contributed by atoms with Crippen LogP contribution in [0.15, 0.2) is 0 Å². The molecule has 2 rings (SSSR count). The molecule has 0 atom stereocenters. The van der Waals surface area contributed by atoms with Crippen molar-refractivity contribution in [1.29, 1.82) is 0 Å². The van der Waals surface area contributed by atoms with Gasteiger partial charge in [-0.1, -0.05) is 19.3 Å². The molecule has 13 heavy (non-hydrogen) atoms. The molecule has 0 aromatic carbocycles. The molecule has 1 heterocycles. The van der Waals surface area contributed by atoms with E-state index in [1.54, 1.807) is 7.05 Å². The predicted octanol–water partition coefficient (Wildman–Crippen LogP) is 1.48. The van der Waals surface area contributed by atoms with Gasteiger partial charge in [0, 0.05) is 7.05 Å². The van der Waals surface area contributed by atoms with Crippen molar-refractivity contribution in [3.63, 3.8) is 0 Å². The van der Waals surface area contributed by atoms with Crippen LogP contribution in [0.4, 0.5) is 10.2 Å². The Labute approximate surface area is 76.7 Å². The van der Waals surface area contributed by atoms with E-state index in [1.165, 1.54) is 23.9 Å². The predicted molar refractivity (Wildman–Crippen MR) is 48.6 cm³/mol. The van der Waals surface area contributed by atoms with Crippen LogP contribution in [-0.4, -0.2) is 9.78 Å². The third-order valence-electron chi connectivity index (χ3n) is 2.80. The third-order valence-corrected chi connectivity index (χ3v) is 2.80. The zero-order valence-electron chi connectivity index (χ0n) is 7.76. The smallest absolute Gasteiger partial charge is 0.188 e. The van der Waals surface area contributed by atoms with Crippen LogP contribution >= 0.6 is 0 Å². The van der Waals surface area contributed by atoms with Crippen LogP contribution in [-0.2, 0) is 13.5 Å². The molecule has 72 valence electrons. The first-order valence-electron chi connectivity index (χ1n) is 4.65. The Kier molecular flexibility index (Phi) is 1.98. The number of aromatic nitrogens is 2. The van der Waals surface area contributed by atoms with Crippen LogP contribution in [0.3, 0.4) is 0 Å². The Hall–Kier alpha value is -1.06. The summed E-state index contributed by atoms with van der Waals surface area (Å²) < 4.78 is 14.7. The molecule has 0 radical (unpaired) electrons. The lowest BCUT2D eigenvalue weighted by atomic mass is 9.82. The van der Waals surface area contributed by atoms with Crippen molar-refractivity contribution in [2.24, 2.45) is 13.0 Å². The quantitative estimate of drug-likeness (QED) is 0.754. The van der Waals surface area contributed by atoms with Crippen molar-refractivity contribution < 1.29 is 4.39 Å². The van der Waals surface area contributed by atoms with Crippen molar-refractivity contribution >= 4 is 5.82 Å². The monoisotopic (exact) mass is 183 g/mol. The normalized spacial score (nSPS) is 17.4. The first kappa shape index (κ1) is 8.53. The SMILES string of the molecule is Cn1nc(CC2CCC2)c(F)c1N. The molecule has 0 spiro atoms. The van der Waals surface area contributed by atoms with Gasteiger partial charge in [-0.25, -0.2) is 4.39 Å². The molecule has 1 fully saturated rings. The largest absolute Gasteiger partial charge is 0.381 e. The highest BCUT2D eigenvalue weighted by Gasteiger charge is 2.22. The molecule has 1 aromatic rings. The van der Waals surface area contributed by atoms with Gasteiger partial charge in [0.2, 0.25) is 0 Å². The van der Waals surface area contributed by atoms with Crippen molar-refractivity contribution in [2.75, 3.05) is 5.73 Å². The average molecular weight is 183 g/mol. The number of hydrogen-bond acceptors (Lipinski definition) is 2. The van der Waals surface area contributed by atoms with Crippen molar-refractivity contribution in [3.05, 3.63) is 11.5 Å². The Morgan fingerprint density at radius 2 is 2.31 bits per heavy atom. The molecule has 3 nitrogen and oxygen atoms in total. The minimum absolute atomic E-state index is 0.148. The molecule has 0 unspecified atom stereocenters. The van der Waals surface area contributed by atoms with Crippen molar-refractivity contribution in [1.82, 2.24) is 9.78 Å². The Morgan fingerprint density at radius 1 is 1.62 bits per heavy atom. The summed E-state index contributed by atoms with van der Waals surface area (Å²) >= 11 is 0. The molecule has 1 aliphatic rings. The molecule has 1 aliphatic carbocycles. The van der Waals surface area contributed by atoms with Crippen LogP contribution in [0.2, 0.25) is 0 Å². The highest BCUT2D eigenvalue weighted by molar-refractivity contribution is 5.33. The summed E-state index contributed by atoms with van der Waals surface area (Å²) in [5, 5.41) is 4.05. The maximum Gasteiger partial charge on any atom is 0.188 e. The van der Waals surface area contributed by atoms with Crippen LogP contribution in [0, 0.1) is 11.7 Å². The van der Waals surface area contributed by atoms with E-state index in [1.807, 2.05) is 0 Å². The van der Waals surface area contributed by atoms with Gasteiger partial charge in [-0.2, -0.15) is 5.10 Å². The third kappa shape index (κ3) is 1.41. The molecular weight excluding hydrogens is 169 g/mol. The van der Waals surface area contributed by atoms with E-state index in [2.05, 4.69) is 5.10 Å². The average Bonchev–Trinajstić information content (AvgIpc) is 2.26. The summed E-state index contributed by atoms with van der Waals surface area (Å²) in [4.78, 5) is 0. The summed E-state index contributed by atoms with van der Waals surface area (Å²) in [5.41, 5.74) is 6.00. The fourth-order valence-corrected chi connectivity index (χ4v) is 1.67. The van der Waals surface area contributed by atoms with E-state index >= 15 is 0 Å². The number of halogens is 1. The van der Waals surface area contributed by atoms with Gasteiger partial charge in [0.15, 0.2) is 11.6 Å². The van der Waals surface area contributed by atoms with Gasteiger partial charge in [0.1, 0.15) is 5.69 Å². The van der Waals surface area contributed by atoms with Gasteiger partial charge >= 0.3 is 0 Å². The molecule has 0 bridgehead atoms. The molecule has 0 aliphatic heterocycles. The van der Waals surface area contributed by atoms with E-state index in [0.717, 1.165) is 6.42 Å². The van der Waals surface area contributed by atoms with Crippen molar-refractivity contribution in [3.8, 4) is 0 Å². The Balaban J connectivity index is 2.14. The summed E-state index contributed by atoms with van der Waals surface area (Å²) in [6.07, 6.45) is 4.43. The summed E-state index contributed by atoms with van der Waals surface area (Å²) in [5.74, 6) is 0.451. The highest BCUT2D eigenvalue weighted by atomic mass is 19.1. The van der Waals surface area contributed by atoms with E-state index < -0.39 is 0 Å². The summed E-state index contributed by atoms with van der Waals surface area (Å²) in [6.45, 7) is 0. The van der Waals surface area contributed by atoms with Crippen LogP contribution in [0.1, 0.15) is 25.0 Å². The van der Waals surface area contributed by atoms with Gasteiger partial charge in [-0.3, -0.25) is 4.68 Å². The Bertz CT molecular complexity index is 315. The lowest BCUT2D eigenvalue weighted by Crippen LogP contribution is -2.14. The van der Waals surface area contributed by atoms with Crippen LogP contribution in [0.25, 0.3) is 0 Å². The minimum Gasteiger partial charge on any atom is -0.381 e. The van der Waals surface area contributed by atoms with Gasteiger partial charge in [-0.05, 0) is 12.3 Å². The fourth-order valence-electron chi connectivity index (χ4n) is 1.67. The lowest BCUT2D eigenvalue weighted by molar-refractivity contribution is 0.308. The second kappa shape index (κ2) is 3.01. The van der Waals surface area contributed by atoms with Gasteiger partial charge in [0.05, 0.1) is 0 Å². The number of anilines is 1. The molecule has 1 aromatic heterocycles. The number of nitrogens with zero attached hydrogens (tertiary/aromatic N) is 2. The summed E-state index contributed by atoms with van der Waals surface area (Å²) in [7, 11) is 1.67. The number of nitrogen functional groups attached to an aromatic ring is 1. The standard InChI is InChI=1S/C9H14FN3/c1-13-9(11)8(10)7(12-13)5-6-3-2-4-6/h6H,2-5,11H2,1H3. The van der Waals surface area contributed by atoms with Crippen LogP contribution in [0.5, 0.6) is 0 Å². The fraction of sp³-hybridized carbons (Fsp3) is 0.667. The van der Waals surface area contributed by atoms with Gasteiger partial charge < -0.3 is 5.73 Å². The van der Waals surface area contributed by atoms with Gasteiger partial charge in [-0.15, -0.1) is 0 Å². The number of rotatable bonds is 2. The zero-order valence-corrected chi connectivity index (χ0v) is 7.76. The first-order chi connectivity index (χ1) is 6.18. The lowest BCUT2D eigenvalue weighted by Gasteiger charge is -2.24. The van der Waals surface area contributed by atoms with Gasteiger partial charge in [0.25, 0.3) is 0 Å². The molecule has 1 saturated carbocycles. The molecular formula is C9H14FN3. The molecule has 0 amide bonds. The van der Waals surface area contributed by atoms with Crippen LogP contribution < -0.4 is 5.73 Å². The molecule has 0 saturated heterocycles. The van der Waals surface area contributed by atoms with E-state index in [-0.39, 0.29) is 11.6 Å². The number of aryl methyl sites for hydroxylation is 1. The van der Waals surface area contributed by atoms with E-state index in [9.17, 15) is 4.39 Å². The molecule has 4 heteroatoms. The number of hydrogen-bond donors (Lipinski definition) is 1.